The predicted octanol–water partition coefficient (Wildman–Crippen LogP) is 1.71. The zero-order chi connectivity index (χ0) is 14.8. The molecule has 1 aliphatic rings. The molecule has 21 heavy (non-hydrogen) atoms. The molecule has 0 unspecified atom stereocenters. The van der Waals surface area contributed by atoms with E-state index in [0.717, 1.165) is 18.3 Å². The molecule has 1 aromatic carbocycles. The van der Waals surface area contributed by atoms with Crippen LogP contribution in [0.3, 0.4) is 0 Å². The maximum atomic E-state index is 13.3. The molecule has 0 bridgehead atoms. The molecule has 1 fully saturated rings. The molecule has 2 heterocycles. The fourth-order valence-electron chi connectivity index (χ4n) is 2.52. The summed E-state index contributed by atoms with van der Waals surface area (Å²) in [6.07, 6.45) is 2.02. The summed E-state index contributed by atoms with van der Waals surface area (Å²) >= 11 is 0. The van der Waals surface area contributed by atoms with Crippen LogP contribution in [0, 0.1) is 11.6 Å². The minimum absolute atomic E-state index is 0.0339. The van der Waals surface area contributed by atoms with Crippen LogP contribution in [0.15, 0.2) is 24.5 Å². The summed E-state index contributed by atoms with van der Waals surface area (Å²) in [5.41, 5.74) is 0.641. The van der Waals surface area contributed by atoms with Crippen molar-refractivity contribution >= 4 is 0 Å². The first-order valence-electron chi connectivity index (χ1n) is 6.78. The van der Waals surface area contributed by atoms with Crippen molar-refractivity contribution in [3.63, 3.8) is 0 Å². The highest BCUT2D eigenvalue weighted by Crippen LogP contribution is 2.30. The molecule has 1 N–H and O–H groups in total. The normalized spacial score (nSPS) is 21.9. The van der Waals surface area contributed by atoms with Gasteiger partial charge in [-0.05, 0) is 24.1 Å². The number of rotatable bonds is 4. The lowest BCUT2D eigenvalue weighted by Crippen LogP contribution is -2.32. The Kier molecular flexibility index (Phi) is 3.94. The number of aryl methyl sites for hydroxylation is 1. The van der Waals surface area contributed by atoms with Gasteiger partial charge in [-0.25, -0.2) is 13.8 Å². The first-order valence-corrected chi connectivity index (χ1v) is 6.78. The van der Waals surface area contributed by atoms with Crippen molar-refractivity contribution in [3.8, 4) is 0 Å². The van der Waals surface area contributed by atoms with Crippen LogP contribution in [-0.4, -0.2) is 27.4 Å². The van der Waals surface area contributed by atoms with E-state index in [-0.39, 0.29) is 12.1 Å². The van der Waals surface area contributed by atoms with Crippen LogP contribution in [0.25, 0.3) is 0 Å². The summed E-state index contributed by atoms with van der Waals surface area (Å²) < 4.78 is 33.7. The van der Waals surface area contributed by atoms with E-state index < -0.39 is 11.6 Å². The fraction of sp³-hybridized carbons (Fsp3) is 0.429. The molecule has 0 spiro atoms. The van der Waals surface area contributed by atoms with Gasteiger partial charge < -0.3 is 10.1 Å². The second-order valence-corrected chi connectivity index (χ2v) is 5.04. The van der Waals surface area contributed by atoms with Crippen LogP contribution in [0.5, 0.6) is 0 Å². The molecule has 112 valence electrons. The van der Waals surface area contributed by atoms with Gasteiger partial charge in [-0.1, -0.05) is 6.07 Å². The molecule has 2 atom stereocenters. The van der Waals surface area contributed by atoms with Crippen LogP contribution in [-0.2, 0) is 18.3 Å². The summed E-state index contributed by atoms with van der Waals surface area (Å²) in [5.74, 6) is -0.888. The lowest BCUT2D eigenvalue weighted by molar-refractivity contribution is 0.0979. The fourth-order valence-corrected chi connectivity index (χ4v) is 2.52. The van der Waals surface area contributed by atoms with Gasteiger partial charge in [-0.2, -0.15) is 5.10 Å². The highest BCUT2D eigenvalue weighted by Gasteiger charge is 2.30. The molecule has 1 aromatic heterocycles. The summed E-state index contributed by atoms with van der Waals surface area (Å²) in [4.78, 5) is 4.14. The molecule has 0 amide bonds. The molecule has 0 radical (unpaired) electrons. The number of nitrogens with one attached hydrogen (secondary N) is 1. The summed E-state index contributed by atoms with van der Waals surface area (Å²) in [6, 6.07) is 3.92. The maximum absolute atomic E-state index is 13.3. The molecular formula is C14H16F2N4O. The van der Waals surface area contributed by atoms with E-state index in [4.69, 9.17) is 4.74 Å². The Balaban J connectivity index is 1.70. The van der Waals surface area contributed by atoms with Crippen molar-refractivity contribution in [1.29, 1.82) is 0 Å². The van der Waals surface area contributed by atoms with E-state index in [1.54, 1.807) is 10.7 Å². The van der Waals surface area contributed by atoms with Crippen molar-refractivity contribution in [1.82, 2.24) is 20.1 Å². The van der Waals surface area contributed by atoms with Gasteiger partial charge in [0.1, 0.15) is 12.2 Å². The number of aromatic nitrogens is 3. The van der Waals surface area contributed by atoms with E-state index >= 15 is 0 Å². The van der Waals surface area contributed by atoms with Gasteiger partial charge >= 0.3 is 0 Å². The molecule has 7 heteroatoms. The molecule has 0 saturated carbocycles. The van der Waals surface area contributed by atoms with Crippen molar-refractivity contribution < 1.29 is 13.5 Å². The smallest absolute Gasteiger partial charge is 0.159 e. The van der Waals surface area contributed by atoms with Crippen molar-refractivity contribution in [2.75, 3.05) is 6.61 Å². The van der Waals surface area contributed by atoms with E-state index in [0.29, 0.717) is 18.7 Å². The first-order chi connectivity index (χ1) is 10.1. The quantitative estimate of drug-likeness (QED) is 0.933. The highest BCUT2D eigenvalue weighted by atomic mass is 19.2. The Morgan fingerprint density at radius 3 is 2.95 bits per heavy atom. The molecule has 5 nitrogen and oxygen atoms in total. The monoisotopic (exact) mass is 294 g/mol. The standard InChI is InChI=1S/C14H16F2N4O/c1-20-13(18-8-19-20)7-17-12-4-5-21-14(12)9-2-3-10(15)11(16)6-9/h2-3,6,8,12,14,17H,4-5,7H2,1H3/t12-,14-/m1/s1. The highest BCUT2D eigenvalue weighted by molar-refractivity contribution is 5.22. The van der Waals surface area contributed by atoms with E-state index in [9.17, 15) is 8.78 Å². The van der Waals surface area contributed by atoms with Crippen molar-refractivity contribution in [3.05, 3.63) is 47.5 Å². The second-order valence-electron chi connectivity index (χ2n) is 5.04. The van der Waals surface area contributed by atoms with Gasteiger partial charge in [-0.3, -0.25) is 4.68 Å². The minimum Gasteiger partial charge on any atom is -0.372 e. The number of hydrogen-bond acceptors (Lipinski definition) is 4. The average Bonchev–Trinajstić information content (AvgIpc) is 3.08. The Labute approximate surface area is 120 Å². The van der Waals surface area contributed by atoms with Gasteiger partial charge in [0.05, 0.1) is 12.6 Å². The predicted molar refractivity (Wildman–Crippen MR) is 71.3 cm³/mol. The van der Waals surface area contributed by atoms with Gasteiger partial charge in [0.25, 0.3) is 0 Å². The number of nitrogens with zero attached hydrogens (tertiary/aromatic N) is 3. The third kappa shape index (κ3) is 2.93. The Morgan fingerprint density at radius 1 is 1.38 bits per heavy atom. The van der Waals surface area contributed by atoms with Gasteiger partial charge in [-0.15, -0.1) is 0 Å². The lowest BCUT2D eigenvalue weighted by Gasteiger charge is -2.20. The Hall–Kier alpha value is -1.86. The second kappa shape index (κ2) is 5.87. The average molecular weight is 294 g/mol. The molecular weight excluding hydrogens is 278 g/mol. The third-order valence-corrected chi connectivity index (χ3v) is 3.69. The third-order valence-electron chi connectivity index (χ3n) is 3.69. The van der Waals surface area contributed by atoms with Crippen molar-refractivity contribution in [2.24, 2.45) is 7.05 Å². The topological polar surface area (TPSA) is 52.0 Å². The molecule has 0 aliphatic carbocycles. The van der Waals surface area contributed by atoms with Gasteiger partial charge in [0.15, 0.2) is 11.6 Å². The number of hydrogen-bond donors (Lipinski definition) is 1. The summed E-state index contributed by atoms with van der Waals surface area (Å²) in [6.45, 7) is 1.13. The molecule has 1 aliphatic heterocycles. The summed E-state index contributed by atoms with van der Waals surface area (Å²) in [7, 11) is 1.82. The van der Waals surface area contributed by atoms with Gasteiger partial charge in [0, 0.05) is 19.7 Å². The number of halogens is 2. The first kappa shape index (κ1) is 14.1. The van der Waals surface area contributed by atoms with E-state index in [2.05, 4.69) is 15.4 Å². The largest absolute Gasteiger partial charge is 0.372 e. The Bertz CT molecular complexity index is 631. The molecule has 3 rings (SSSR count). The maximum Gasteiger partial charge on any atom is 0.159 e. The lowest BCUT2D eigenvalue weighted by atomic mass is 10.0. The minimum atomic E-state index is -0.852. The zero-order valence-corrected chi connectivity index (χ0v) is 11.6. The van der Waals surface area contributed by atoms with E-state index in [1.165, 1.54) is 12.4 Å². The SMILES string of the molecule is Cn1ncnc1CN[C@@H]1CCO[C@@H]1c1ccc(F)c(F)c1. The van der Waals surface area contributed by atoms with E-state index in [1.807, 2.05) is 7.05 Å². The van der Waals surface area contributed by atoms with Crippen LogP contribution >= 0.6 is 0 Å². The zero-order valence-electron chi connectivity index (χ0n) is 11.6. The van der Waals surface area contributed by atoms with Crippen LogP contribution in [0.1, 0.15) is 23.9 Å². The van der Waals surface area contributed by atoms with Crippen LogP contribution < -0.4 is 5.32 Å². The molecule has 1 saturated heterocycles. The molecule has 2 aromatic rings. The van der Waals surface area contributed by atoms with Crippen LogP contribution in [0.4, 0.5) is 8.78 Å². The number of benzene rings is 1. The van der Waals surface area contributed by atoms with Gasteiger partial charge in [0.2, 0.25) is 0 Å². The Morgan fingerprint density at radius 2 is 2.24 bits per heavy atom. The number of ether oxygens (including phenoxy) is 1. The van der Waals surface area contributed by atoms with Crippen LogP contribution in [0.2, 0.25) is 0 Å². The van der Waals surface area contributed by atoms with Crippen molar-refractivity contribution in [2.45, 2.75) is 25.1 Å². The summed E-state index contributed by atoms with van der Waals surface area (Å²) in [5, 5.41) is 7.35.